The highest BCUT2D eigenvalue weighted by Crippen LogP contribution is 2.43. The molecule has 1 atom stereocenters. The number of hydrogen-bond donors (Lipinski definition) is 2. The molecule has 32 heavy (non-hydrogen) atoms. The third kappa shape index (κ3) is 5.18. The minimum atomic E-state index is -4.50. The molecule has 0 spiro atoms. The number of amides is 3. The molecule has 0 saturated heterocycles. The van der Waals surface area contributed by atoms with E-state index in [1.54, 1.807) is 36.6 Å². The highest BCUT2D eigenvalue weighted by molar-refractivity contribution is 7.98. The van der Waals surface area contributed by atoms with E-state index < -0.39 is 29.6 Å². The maximum Gasteiger partial charge on any atom is 0.417 e. The van der Waals surface area contributed by atoms with Crippen molar-refractivity contribution in [3.63, 3.8) is 0 Å². The first-order chi connectivity index (χ1) is 15.1. The number of benzene rings is 2. The van der Waals surface area contributed by atoms with Crippen LogP contribution in [0.4, 0.5) is 29.3 Å². The van der Waals surface area contributed by atoms with Crippen molar-refractivity contribution in [2.45, 2.75) is 17.0 Å². The first-order valence-electron chi connectivity index (χ1n) is 9.98. The largest absolute Gasteiger partial charge is 0.417 e. The van der Waals surface area contributed by atoms with Crippen molar-refractivity contribution in [3.05, 3.63) is 53.6 Å². The summed E-state index contributed by atoms with van der Waals surface area (Å²) in [7, 11) is 3.73. The fraction of sp³-hybridized carbons (Fsp3) is 0.364. The summed E-state index contributed by atoms with van der Waals surface area (Å²) in [5.41, 5.74) is 0.361. The van der Waals surface area contributed by atoms with Gasteiger partial charge in [-0.3, -0.25) is 4.79 Å². The van der Waals surface area contributed by atoms with E-state index in [2.05, 4.69) is 10.6 Å². The van der Waals surface area contributed by atoms with Gasteiger partial charge in [0.1, 0.15) is 0 Å². The molecule has 1 aliphatic heterocycles. The summed E-state index contributed by atoms with van der Waals surface area (Å²) in [6, 6.07) is 10.4. The van der Waals surface area contributed by atoms with Crippen LogP contribution in [0.1, 0.15) is 17.0 Å². The molecule has 3 rings (SSSR count). The highest BCUT2D eigenvalue weighted by atomic mass is 32.2. The predicted octanol–water partition coefficient (Wildman–Crippen LogP) is 4.24. The topological polar surface area (TPSA) is 64.7 Å². The van der Waals surface area contributed by atoms with Gasteiger partial charge in [0.05, 0.1) is 17.2 Å². The Morgan fingerprint density at radius 3 is 2.47 bits per heavy atom. The third-order valence-electron chi connectivity index (χ3n) is 5.12. The fourth-order valence-electron chi connectivity index (χ4n) is 3.51. The van der Waals surface area contributed by atoms with Crippen LogP contribution in [0.15, 0.2) is 47.4 Å². The van der Waals surface area contributed by atoms with Gasteiger partial charge in [-0.25, -0.2) is 9.69 Å². The molecule has 172 valence electrons. The van der Waals surface area contributed by atoms with E-state index >= 15 is 0 Å². The van der Waals surface area contributed by atoms with Crippen molar-refractivity contribution < 1.29 is 22.8 Å². The van der Waals surface area contributed by atoms with Crippen LogP contribution >= 0.6 is 11.8 Å². The number of nitrogens with zero attached hydrogens (tertiary/aromatic N) is 2. The van der Waals surface area contributed by atoms with Crippen LogP contribution in [0.2, 0.25) is 0 Å². The van der Waals surface area contributed by atoms with Crippen molar-refractivity contribution in [3.8, 4) is 0 Å². The number of imide groups is 1. The van der Waals surface area contributed by atoms with Crippen molar-refractivity contribution in [2.75, 3.05) is 50.2 Å². The number of rotatable bonds is 6. The van der Waals surface area contributed by atoms with Crippen LogP contribution in [0.3, 0.4) is 0 Å². The summed E-state index contributed by atoms with van der Waals surface area (Å²) in [4.78, 5) is 29.5. The summed E-state index contributed by atoms with van der Waals surface area (Å²) in [6.07, 6.45) is -2.94. The number of hydrogen-bond acceptors (Lipinski definition) is 5. The molecule has 6 nitrogen and oxygen atoms in total. The number of alkyl halides is 3. The Kier molecular flexibility index (Phi) is 7.35. The molecule has 0 saturated carbocycles. The van der Waals surface area contributed by atoms with Crippen molar-refractivity contribution in [1.29, 1.82) is 0 Å². The second-order valence-corrected chi connectivity index (χ2v) is 8.46. The van der Waals surface area contributed by atoms with Crippen molar-refractivity contribution in [1.82, 2.24) is 10.2 Å². The van der Waals surface area contributed by atoms with E-state index in [4.69, 9.17) is 0 Å². The minimum absolute atomic E-state index is 0.0412. The molecule has 0 aliphatic carbocycles. The average Bonchev–Trinajstić information content (AvgIpc) is 3.15. The Hall–Kier alpha value is -2.72. The molecule has 0 bridgehead atoms. The number of likely N-dealkylation sites (N-methyl/N-ethyl adjacent to an activating group) is 1. The number of urea groups is 1. The number of halogens is 3. The van der Waals surface area contributed by atoms with Crippen LogP contribution < -0.4 is 15.5 Å². The Balaban J connectivity index is 1.94. The monoisotopic (exact) mass is 466 g/mol. The number of nitrogens with one attached hydrogen (secondary N) is 2. The number of carbonyl (C=O) groups is 2. The number of anilines is 2. The van der Waals surface area contributed by atoms with Gasteiger partial charge in [0, 0.05) is 30.2 Å². The van der Waals surface area contributed by atoms with Gasteiger partial charge in [-0.05, 0) is 50.2 Å². The molecule has 2 N–H and O–H groups in total. The van der Waals surface area contributed by atoms with Gasteiger partial charge < -0.3 is 15.5 Å². The van der Waals surface area contributed by atoms with Crippen LogP contribution in [0.5, 0.6) is 0 Å². The number of carbonyl (C=O) groups excluding carboxylic acids is 2. The molecule has 0 radical (unpaired) electrons. The minimum Gasteiger partial charge on any atom is -0.384 e. The van der Waals surface area contributed by atoms with Crippen LogP contribution in [-0.4, -0.2) is 56.8 Å². The quantitative estimate of drug-likeness (QED) is 0.624. The van der Waals surface area contributed by atoms with Gasteiger partial charge in [0.2, 0.25) is 5.91 Å². The zero-order valence-corrected chi connectivity index (χ0v) is 18.8. The fourth-order valence-corrected chi connectivity index (χ4v) is 4.15. The van der Waals surface area contributed by atoms with E-state index in [-0.39, 0.29) is 17.1 Å². The molecular formula is C22H25F3N4O2S. The van der Waals surface area contributed by atoms with E-state index in [0.717, 1.165) is 22.7 Å². The summed E-state index contributed by atoms with van der Waals surface area (Å²) in [6.45, 7) is 1.04. The molecule has 1 unspecified atom stereocenters. The molecule has 2 aromatic carbocycles. The molecular weight excluding hydrogens is 441 g/mol. The van der Waals surface area contributed by atoms with Gasteiger partial charge in [-0.15, -0.1) is 11.8 Å². The summed E-state index contributed by atoms with van der Waals surface area (Å²) < 4.78 is 40.3. The summed E-state index contributed by atoms with van der Waals surface area (Å²) >= 11 is 0.970. The van der Waals surface area contributed by atoms with E-state index in [0.29, 0.717) is 24.3 Å². The van der Waals surface area contributed by atoms with E-state index in [9.17, 15) is 22.8 Å². The van der Waals surface area contributed by atoms with Crippen LogP contribution in [-0.2, 0) is 11.0 Å². The van der Waals surface area contributed by atoms with Crippen LogP contribution in [0, 0.1) is 0 Å². The predicted molar refractivity (Wildman–Crippen MR) is 120 cm³/mol. The number of fused-ring (bicyclic) bond motifs is 1. The van der Waals surface area contributed by atoms with Gasteiger partial charge in [-0.1, -0.05) is 18.2 Å². The lowest BCUT2D eigenvalue weighted by Crippen LogP contribution is -2.47. The Labute approximate surface area is 189 Å². The number of para-hydroxylation sites is 1. The lowest BCUT2D eigenvalue weighted by Gasteiger charge is -2.25. The van der Waals surface area contributed by atoms with Gasteiger partial charge in [0.15, 0.2) is 0 Å². The maximum atomic E-state index is 13.5. The summed E-state index contributed by atoms with van der Waals surface area (Å²) in [5, 5.41) is 5.65. The third-order valence-corrected chi connectivity index (χ3v) is 5.90. The molecule has 3 amide bonds. The first-order valence-corrected chi connectivity index (χ1v) is 11.2. The normalized spacial score (nSPS) is 15.3. The van der Waals surface area contributed by atoms with Crippen molar-refractivity contribution >= 4 is 35.1 Å². The Morgan fingerprint density at radius 1 is 1.19 bits per heavy atom. The SMILES string of the molecule is CSc1cc2c(cc1C(F)(F)F)NCC2C(=O)N(C(=O)NCCN(C)C)c1ccccc1. The lowest BCUT2D eigenvalue weighted by molar-refractivity contribution is -0.139. The lowest BCUT2D eigenvalue weighted by atomic mass is 9.98. The molecule has 1 aliphatic rings. The first kappa shape index (κ1) is 23.9. The molecule has 1 heterocycles. The highest BCUT2D eigenvalue weighted by Gasteiger charge is 2.39. The summed E-state index contributed by atoms with van der Waals surface area (Å²) in [5.74, 6) is -1.30. The van der Waals surface area contributed by atoms with Gasteiger partial charge in [0.25, 0.3) is 0 Å². The van der Waals surface area contributed by atoms with Gasteiger partial charge in [-0.2, -0.15) is 13.2 Å². The van der Waals surface area contributed by atoms with E-state index in [1.807, 2.05) is 19.0 Å². The maximum absolute atomic E-state index is 13.5. The molecule has 0 fully saturated rings. The zero-order chi connectivity index (χ0) is 23.5. The molecule has 0 aromatic heterocycles. The smallest absolute Gasteiger partial charge is 0.384 e. The van der Waals surface area contributed by atoms with Crippen molar-refractivity contribution in [2.24, 2.45) is 0 Å². The Bertz CT molecular complexity index is 983. The van der Waals surface area contributed by atoms with Crippen LogP contribution in [0.25, 0.3) is 0 Å². The molecule has 2 aromatic rings. The second kappa shape index (κ2) is 9.83. The van der Waals surface area contributed by atoms with E-state index in [1.165, 1.54) is 6.07 Å². The zero-order valence-electron chi connectivity index (χ0n) is 18.0. The van der Waals surface area contributed by atoms with Gasteiger partial charge >= 0.3 is 12.2 Å². The number of thioether (sulfide) groups is 1. The average molecular weight is 467 g/mol. The standard InChI is InChI=1S/C22H25F3N4O2S/c1-28(2)10-9-26-21(31)29(14-7-5-4-6-8-14)20(30)16-13-27-18-12-17(22(23,24)25)19(32-3)11-15(16)18/h4-8,11-12,16,27H,9-10,13H2,1-3H3,(H,26,31). The Morgan fingerprint density at radius 2 is 1.88 bits per heavy atom. The molecule has 10 heteroatoms. The second-order valence-electron chi connectivity index (χ2n) is 7.62.